The van der Waals surface area contributed by atoms with Gasteiger partial charge in [0.2, 0.25) is 0 Å². The van der Waals surface area contributed by atoms with Crippen LogP contribution >= 0.6 is 0 Å². The highest BCUT2D eigenvalue weighted by molar-refractivity contribution is 4.95. The molecular weight excluding hydrogens is 200 g/mol. The van der Waals surface area contributed by atoms with Gasteiger partial charge in [-0.15, -0.1) is 0 Å². The lowest BCUT2D eigenvalue weighted by Crippen LogP contribution is -2.01. The van der Waals surface area contributed by atoms with E-state index in [-0.39, 0.29) is 6.61 Å². The summed E-state index contributed by atoms with van der Waals surface area (Å²) in [5.41, 5.74) is 0.919. The van der Waals surface area contributed by atoms with Crippen LogP contribution in [-0.2, 0) is 13.2 Å². The molecule has 0 spiro atoms. The van der Waals surface area contributed by atoms with Crippen LogP contribution in [0.4, 0.5) is 0 Å². The highest BCUT2D eigenvalue weighted by Crippen LogP contribution is 2.10. The van der Waals surface area contributed by atoms with Crippen molar-refractivity contribution in [3.05, 3.63) is 18.2 Å². The van der Waals surface area contributed by atoms with Crippen LogP contribution in [0.15, 0.2) is 12.5 Å². The van der Waals surface area contributed by atoms with E-state index in [4.69, 9.17) is 5.11 Å². The van der Waals surface area contributed by atoms with Crippen LogP contribution in [0.1, 0.15) is 51.6 Å². The van der Waals surface area contributed by atoms with Gasteiger partial charge < -0.3 is 9.67 Å². The smallest absolute Gasteiger partial charge is 0.0948 e. The first-order chi connectivity index (χ1) is 7.74. The van der Waals surface area contributed by atoms with E-state index in [0.29, 0.717) is 0 Å². The van der Waals surface area contributed by atoms with Gasteiger partial charge in [-0.1, -0.05) is 39.5 Å². The maximum Gasteiger partial charge on any atom is 0.0948 e. The molecule has 0 aliphatic heterocycles. The topological polar surface area (TPSA) is 38.0 Å². The average Bonchev–Trinajstić information content (AvgIpc) is 2.70. The van der Waals surface area contributed by atoms with Crippen molar-refractivity contribution in [3.8, 4) is 0 Å². The van der Waals surface area contributed by atoms with E-state index >= 15 is 0 Å². The Balaban J connectivity index is 2.07. The highest BCUT2D eigenvalue weighted by Gasteiger charge is 2.00. The van der Waals surface area contributed by atoms with Gasteiger partial charge in [0, 0.05) is 6.54 Å². The fourth-order valence-corrected chi connectivity index (χ4v) is 1.87. The normalized spacial score (nSPS) is 11.2. The van der Waals surface area contributed by atoms with Crippen LogP contribution in [0.3, 0.4) is 0 Å². The number of imidazole rings is 1. The van der Waals surface area contributed by atoms with Crippen LogP contribution in [-0.4, -0.2) is 14.7 Å². The molecule has 0 saturated carbocycles. The molecule has 1 heterocycles. The minimum Gasteiger partial charge on any atom is -0.390 e. The van der Waals surface area contributed by atoms with E-state index in [1.54, 1.807) is 12.5 Å². The molecule has 0 aliphatic carbocycles. The lowest BCUT2D eigenvalue weighted by Gasteiger charge is -2.07. The molecule has 0 aromatic carbocycles. The number of hydrogen-bond acceptors (Lipinski definition) is 2. The van der Waals surface area contributed by atoms with Crippen LogP contribution in [0.25, 0.3) is 0 Å². The Labute approximate surface area is 98.5 Å². The zero-order valence-corrected chi connectivity index (χ0v) is 10.5. The molecule has 1 aromatic rings. The Morgan fingerprint density at radius 2 is 2.00 bits per heavy atom. The van der Waals surface area contributed by atoms with Crippen molar-refractivity contribution < 1.29 is 5.11 Å². The van der Waals surface area contributed by atoms with E-state index in [1.807, 2.05) is 4.57 Å². The van der Waals surface area contributed by atoms with Crippen LogP contribution in [0.2, 0.25) is 0 Å². The van der Waals surface area contributed by atoms with Crippen LogP contribution < -0.4 is 0 Å². The Kier molecular flexibility index (Phi) is 6.16. The molecule has 1 rings (SSSR count). The number of unbranched alkanes of at least 4 members (excludes halogenated alkanes) is 3. The Hall–Kier alpha value is -0.830. The first-order valence-corrected chi connectivity index (χ1v) is 6.34. The molecule has 3 nitrogen and oxygen atoms in total. The van der Waals surface area contributed by atoms with E-state index in [0.717, 1.165) is 18.2 Å². The van der Waals surface area contributed by atoms with Crippen molar-refractivity contribution in [1.29, 1.82) is 0 Å². The summed E-state index contributed by atoms with van der Waals surface area (Å²) in [6, 6.07) is 0. The van der Waals surface area contributed by atoms with E-state index in [2.05, 4.69) is 18.8 Å². The highest BCUT2D eigenvalue weighted by atomic mass is 16.3. The van der Waals surface area contributed by atoms with Crippen molar-refractivity contribution in [1.82, 2.24) is 9.55 Å². The summed E-state index contributed by atoms with van der Waals surface area (Å²) >= 11 is 0. The van der Waals surface area contributed by atoms with Crippen molar-refractivity contribution in [2.75, 3.05) is 0 Å². The summed E-state index contributed by atoms with van der Waals surface area (Å²) in [5.74, 6) is 0.828. The number of aliphatic hydroxyl groups excluding tert-OH is 1. The van der Waals surface area contributed by atoms with Crippen LogP contribution in [0.5, 0.6) is 0 Å². The lowest BCUT2D eigenvalue weighted by molar-refractivity contribution is 0.270. The number of aliphatic hydroxyl groups is 1. The van der Waals surface area contributed by atoms with E-state index < -0.39 is 0 Å². The van der Waals surface area contributed by atoms with Crippen molar-refractivity contribution in [2.24, 2.45) is 5.92 Å². The quantitative estimate of drug-likeness (QED) is 0.689. The van der Waals surface area contributed by atoms with Crippen molar-refractivity contribution in [3.63, 3.8) is 0 Å². The summed E-state index contributed by atoms with van der Waals surface area (Å²) in [7, 11) is 0. The molecule has 16 heavy (non-hydrogen) atoms. The fraction of sp³-hybridized carbons (Fsp3) is 0.769. The lowest BCUT2D eigenvalue weighted by atomic mass is 10.0. The van der Waals surface area contributed by atoms with Gasteiger partial charge in [-0.3, -0.25) is 0 Å². The maximum atomic E-state index is 9.05. The van der Waals surface area contributed by atoms with Gasteiger partial charge in [0.05, 0.1) is 24.8 Å². The summed E-state index contributed by atoms with van der Waals surface area (Å²) in [6.45, 7) is 5.63. The second-order valence-corrected chi connectivity index (χ2v) is 4.83. The summed E-state index contributed by atoms with van der Waals surface area (Å²) in [6.07, 6.45) is 10.00. The molecule has 0 saturated heterocycles. The molecule has 0 amide bonds. The number of aromatic nitrogens is 2. The number of hydrogen-bond donors (Lipinski definition) is 1. The third-order valence-electron chi connectivity index (χ3n) is 2.89. The first kappa shape index (κ1) is 13.2. The van der Waals surface area contributed by atoms with Gasteiger partial charge in [-0.2, -0.15) is 0 Å². The second kappa shape index (κ2) is 7.44. The van der Waals surface area contributed by atoms with Crippen LogP contribution in [0, 0.1) is 5.92 Å². The Bertz CT molecular complexity index is 281. The molecule has 0 atom stereocenters. The van der Waals surface area contributed by atoms with E-state index in [9.17, 15) is 0 Å². The third kappa shape index (κ3) is 4.79. The largest absolute Gasteiger partial charge is 0.390 e. The van der Waals surface area contributed by atoms with Gasteiger partial charge in [0.1, 0.15) is 0 Å². The van der Waals surface area contributed by atoms with Gasteiger partial charge in [-0.05, 0) is 12.3 Å². The zero-order valence-electron chi connectivity index (χ0n) is 10.5. The molecule has 0 aliphatic rings. The zero-order chi connectivity index (χ0) is 11.8. The number of rotatable bonds is 8. The monoisotopic (exact) mass is 224 g/mol. The van der Waals surface area contributed by atoms with Gasteiger partial charge in [0.25, 0.3) is 0 Å². The summed E-state index contributed by atoms with van der Waals surface area (Å²) in [5, 5.41) is 9.05. The van der Waals surface area contributed by atoms with Gasteiger partial charge >= 0.3 is 0 Å². The molecule has 0 fully saturated rings. The summed E-state index contributed by atoms with van der Waals surface area (Å²) in [4.78, 5) is 4.03. The summed E-state index contributed by atoms with van der Waals surface area (Å²) < 4.78 is 2.04. The molecule has 1 N–H and O–H groups in total. The predicted octanol–water partition coefficient (Wildman–Crippen LogP) is 2.98. The predicted molar refractivity (Wildman–Crippen MR) is 66.1 cm³/mol. The minimum atomic E-state index is 0.0906. The Morgan fingerprint density at radius 1 is 1.25 bits per heavy atom. The fourth-order valence-electron chi connectivity index (χ4n) is 1.87. The molecule has 3 heteroatoms. The molecule has 0 bridgehead atoms. The number of aryl methyl sites for hydroxylation is 1. The Morgan fingerprint density at radius 3 is 2.69 bits per heavy atom. The van der Waals surface area contributed by atoms with E-state index in [1.165, 1.54) is 32.1 Å². The average molecular weight is 224 g/mol. The second-order valence-electron chi connectivity index (χ2n) is 4.83. The SMILES string of the molecule is CC(C)CCCCCCn1cncc1CO. The standard InChI is InChI=1S/C13H24N2O/c1-12(2)7-5-3-4-6-8-15-11-14-9-13(15)10-16/h9,11-12,16H,3-8,10H2,1-2H3. The van der Waals surface area contributed by atoms with Crippen molar-refractivity contribution >= 4 is 0 Å². The molecule has 0 unspecified atom stereocenters. The molecule has 92 valence electrons. The molecule has 1 aromatic heterocycles. The minimum absolute atomic E-state index is 0.0906. The number of nitrogens with zero attached hydrogens (tertiary/aromatic N) is 2. The van der Waals surface area contributed by atoms with Gasteiger partial charge in [-0.25, -0.2) is 4.98 Å². The first-order valence-electron chi connectivity index (χ1n) is 6.34. The third-order valence-corrected chi connectivity index (χ3v) is 2.89. The van der Waals surface area contributed by atoms with Crippen molar-refractivity contribution in [2.45, 2.75) is 59.1 Å². The molecular formula is C13H24N2O. The molecule has 0 radical (unpaired) electrons. The maximum absolute atomic E-state index is 9.05. The van der Waals surface area contributed by atoms with Gasteiger partial charge in [0.15, 0.2) is 0 Å².